The van der Waals surface area contributed by atoms with Gasteiger partial charge in [0.1, 0.15) is 5.69 Å². The van der Waals surface area contributed by atoms with Crippen LogP contribution in [-0.2, 0) is 0 Å². The summed E-state index contributed by atoms with van der Waals surface area (Å²) in [4.78, 5) is 12.0. The maximum Gasteiger partial charge on any atom is 0.268 e. The summed E-state index contributed by atoms with van der Waals surface area (Å²) in [6.07, 6.45) is 4.06. The molecule has 1 heterocycles. The number of halogens is 1. The van der Waals surface area contributed by atoms with E-state index in [0.717, 1.165) is 12.8 Å². The van der Waals surface area contributed by atoms with Gasteiger partial charge in [-0.15, -0.1) is 0 Å². The highest BCUT2D eigenvalue weighted by Crippen LogP contribution is 2.37. The van der Waals surface area contributed by atoms with Crippen LogP contribution in [0.4, 0.5) is 0 Å². The topological polar surface area (TPSA) is 60.0 Å². The van der Waals surface area contributed by atoms with Gasteiger partial charge in [-0.1, -0.05) is 11.6 Å². The molecule has 0 atom stereocenters. The van der Waals surface area contributed by atoms with E-state index in [1.54, 1.807) is 6.07 Å². The summed E-state index contributed by atoms with van der Waals surface area (Å²) in [5, 5.41) is 3.44. The van der Waals surface area contributed by atoms with Crippen molar-refractivity contribution >= 4 is 17.5 Å². The molecule has 0 aromatic carbocycles. The molecule has 0 saturated heterocycles. The van der Waals surface area contributed by atoms with E-state index in [9.17, 15) is 4.79 Å². The molecule has 0 unspecified atom stereocenters. The van der Waals surface area contributed by atoms with Crippen LogP contribution in [0, 0.1) is 0 Å². The molecule has 4 nitrogen and oxygen atoms in total. The number of nitrogens with two attached hydrogens (primary N) is 1. The molecule has 2 rings (SSSR count). The first-order valence-corrected chi connectivity index (χ1v) is 6.19. The molecule has 3 N–H and O–H groups in total. The Morgan fingerprint density at radius 2 is 2.29 bits per heavy atom. The Labute approximate surface area is 106 Å². The first-order valence-electron chi connectivity index (χ1n) is 5.81. The number of rotatable bonds is 4. The minimum atomic E-state index is -0.406. The molecule has 17 heavy (non-hydrogen) atoms. The number of carbonyl (C=O) groups is 1. The summed E-state index contributed by atoms with van der Waals surface area (Å²) >= 11 is 5.95. The molecule has 0 aliphatic heterocycles. The van der Waals surface area contributed by atoms with E-state index in [2.05, 4.69) is 5.32 Å². The third-order valence-corrected chi connectivity index (χ3v) is 2.90. The van der Waals surface area contributed by atoms with E-state index >= 15 is 0 Å². The van der Waals surface area contributed by atoms with E-state index in [4.69, 9.17) is 17.3 Å². The summed E-state index contributed by atoms with van der Waals surface area (Å²) in [6, 6.07) is 2.15. The fourth-order valence-electron chi connectivity index (χ4n) is 1.68. The van der Waals surface area contributed by atoms with Crippen LogP contribution in [-0.4, -0.2) is 22.6 Å². The maximum absolute atomic E-state index is 12.0. The fourth-order valence-corrected chi connectivity index (χ4v) is 1.89. The third kappa shape index (κ3) is 3.23. The van der Waals surface area contributed by atoms with Crippen LogP contribution >= 0.6 is 11.6 Å². The molecule has 1 amide bonds. The zero-order chi connectivity index (χ0) is 12.6. The van der Waals surface area contributed by atoms with Crippen molar-refractivity contribution in [1.29, 1.82) is 0 Å². The lowest BCUT2D eigenvalue weighted by atomic mass is 10.1. The maximum atomic E-state index is 12.0. The first-order chi connectivity index (χ1) is 7.87. The van der Waals surface area contributed by atoms with Gasteiger partial charge in [-0.25, -0.2) is 0 Å². The van der Waals surface area contributed by atoms with Gasteiger partial charge in [-0.2, -0.15) is 0 Å². The SMILES string of the molecule is CC(C)(N)CNC(=O)c1cc(Cl)cn1C1CC1. The second-order valence-corrected chi connectivity index (χ2v) is 5.79. The smallest absolute Gasteiger partial charge is 0.268 e. The van der Waals surface area contributed by atoms with Crippen molar-refractivity contribution in [1.82, 2.24) is 9.88 Å². The van der Waals surface area contributed by atoms with Crippen molar-refractivity contribution in [2.24, 2.45) is 5.73 Å². The Kier molecular flexibility index (Phi) is 3.19. The zero-order valence-electron chi connectivity index (χ0n) is 10.2. The average molecular weight is 256 g/mol. The van der Waals surface area contributed by atoms with E-state index in [-0.39, 0.29) is 5.91 Å². The van der Waals surface area contributed by atoms with Crippen LogP contribution in [0.5, 0.6) is 0 Å². The Morgan fingerprint density at radius 1 is 1.65 bits per heavy atom. The van der Waals surface area contributed by atoms with Crippen LogP contribution in [0.3, 0.4) is 0 Å². The van der Waals surface area contributed by atoms with Crippen LogP contribution in [0.15, 0.2) is 12.3 Å². The van der Waals surface area contributed by atoms with E-state index in [1.807, 2.05) is 24.6 Å². The molecule has 5 heteroatoms. The number of aromatic nitrogens is 1. The molecule has 0 radical (unpaired) electrons. The van der Waals surface area contributed by atoms with Gasteiger partial charge in [-0.3, -0.25) is 4.79 Å². The minimum Gasteiger partial charge on any atom is -0.349 e. The molecular formula is C12H18ClN3O. The van der Waals surface area contributed by atoms with Gasteiger partial charge in [-0.05, 0) is 32.8 Å². The van der Waals surface area contributed by atoms with E-state index in [0.29, 0.717) is 23.3 Å². The van der Waals surface area contributed by atoms with Crippen molar-refractivity contribution in [3.05, 3.63) is 23.0 Å². The van der Waals surface area contributed by atoms with Crippen LogP contribution in [0.2, 0.25) is 5.02 Å². The molecule has 0 bridgehead atoms. The van der Waals surface area contributed by atoms with Crippen molar-refractivity contribution in [3.63, 3.8) is 0 Å². The van der Waals surface area contributed by atoms with Crippen LogP contribution in [0.25, 0.3) is 0 Å². The second-order valence-electron chi connectivity index (χ2n) is 5.35. The van der Waals surface area contributed by atoms with Crippen molar-refractivity contribution in [2.75, 3.05) is 6.54 Å². The molecule has 1 aliphatic rings. The molecule has 1 aromatic rings. The fraction of sp³-hybridized carbons (Fsp3) is 0.583. The number of amides is 1. The van der Waals surface area contributed by atoms with Gasteiger partial charge >= 0.3 is 0 Å². The van der Waals surface area contributed by atoms with Gasteiger partial charge in [0.15, 0.2) is 0 Å². The van der Waals surface area contributed by atoms with Gasteiger partial charge in [0.25, 0.3) is 5.91 Å². The number of carbonyl (C=O) groups excluding carboxylic acids is 1. The zero-order valence-corrected chi connectivity index (χ0v) is 10.9. The largest absolute Gasteiger partial charge is 0.349 e. The molecular weight excluding hydrogens is 238 g/mol. The summed E-state index contributed by atoms with van der Waals surface area (Å²) in [6.45, 7) is 4.19. The highest BCUT2D eigenvalue weighted by atomic mass is 35.5. The highest BCUT2D eigenvalue weighted by Gasteiger charge is 2.28. The molecule has 94 valence electrons. The number of hydrogen-bond donors (Lipinski definition) is 2. The minimum absolute atomic E-state index is 0.109. The van der Waals surface area contributed by atoms with Gasteiger partial charge < -0.3 is 15.6 Å². The monoisotopic (exact) mass is 255 g/mol. The van der Waals surface area contributed by atoms with E-state index < -0.39 is 5.54 Å². The summed E-state index contributed by atoms with van der Waals surface area (Å²) in [5.74, 6) is -0.109. The number of nitrogens with one attached hydrogen (secondary N) is 1. The van der Waals surface area contributed by atoms with Crippen molar-refractivity contribution in [3.8, 4) is 0 Å². The number of nitrogens with zero attached hydrogens (tertiary/aromatic N) is 1. The lowest BCUT2D eigenvalue weighted by molar-refractivity contribution is 0.0936. The Morgan fingerprint density at radius 3 is 2.82 bits per heavy atom. The average Bonchev–Trinajstić information content (AvgIpc) is 2.97. The number of hydrogen-bond acceptors (Lipinski definition) is 2. The molecule has 0 spiro atoms. The summed E-state index contributed by atoms with van der Waals surface area (Å²) in [7, 11) is 0. The third-order valence-electron chi connectivity index (χ3n) is 2.69. The predicted octanol–water partition coefficient (Wildman–Crippen LogP) is 1.94. The Bertz CT molecular complexity index is 429. The van der Waals surface area contributed by atoms with E-state index in [1.165, 1.54) is 0 Å². The first kappa shape index (κ1) is 12.5. The van der Waals surface area contributed by atoms with Crippen molar-refractivity contribution in [2.45, 2.75) is 38.3 Å². The summed E-state index contributed by atoms with van der Waals surface area (Å²) < 4.78 is 1.96. The quantitative estimate of drug-likeness (QED) is 0.864. The van der Waals surface area contributed by atoms with Crippen molar-refractivity contribution < 1.29 is 4.79 Å². The summed E-state index contributed by atoms with van der Waals surface area (Å²) in [5.41, 5.74) is 6.05. The van der Waals surface area contributed by atoms with Gasteiger partial charge in [0.2, 0.25) is 0 Å². The molecule has 1 aromatic heterocycles. The standard InChI is InChI=1S/C12H18ClN3O/c1-12(2,14)7-15-11(17)10-5-8(13)6-16(10)9-3-4-9/h5-6,9H,3-4,7,14H2,1-2H3,(H,15,17). The normalized spacial score (nSPS) is 16.0. The Hall–Kier alpha value is -1.00. The Balaban J connectivity index is 2.08. The predicted molar refractivity (Wildman–Crippen MR) is 68.3 cm³/mol. The van der Waals surface area contributed by atoms with Crippen LogP contribution in [0.1, 0.15) is 43.2 Å². The van der Waals surface area contributed by atoms with Gasteiger partial charge in [0.05, 0.1) is 5.02 Å². The lowest BCUT2D eigenvalue weighted by Crippen LogP contribution is -2.45. The molecule has 1 aliphatic carbocycles. The van der Waals surface area contributed by atoms with Gasteiger partial charge in [0, 0.05) is 24.3 Å². The molecule has 1 fully saturated rings. The van der Waals surface area contributed by atoms with Crippen LogP contribution < -0.4 is 11.1 Å². The lowest BCUT2D eigenvalue weighted by Gasteiger charge is -2.19. The second kappa shape index (κ2) is 4.35. The highest BCUT2D eigenvalue weighted by molar-refractivity contribution is 6.31. The molecule has 1 saturated carbocycles.